The van der Waals surface area contributed by atoms with Gasteiger partial charge in [0.15, 0.2) is 5.96 Å². The van der Waals surface area contributed by atoms with Crippen LogP contribution in [0.1, 0.15) is 11.1 Å². The van der Waals surface area contributed by atoms with Crippen molar-refractivity contribution in [1.82, 2.24) is 25.2 Å². The summed E-state index contributed by atoms with van der Waals surface area (Å²) in [5.74, 6) is 1.87. The van der Waals surface area contributed by atoms with Gasteiger partial charge in [-0.25, -0.2) is 9.97 Å². The van der Waals surface area contributed by atoms with Crippen LogP contribution in [0.4, 0.5) is 8.78 Å². The Labute approximate surface area is 172 Å². The molecular weight excluding hydrogens is 394 g/mol. The van der Waals surface area contributed by atoms with Gasteiger partial charge >= 0.3 is 6.61 Å². The molecule has 0 bridgehead atoms. The Morgan fingerprint density at radius 3 is 2.70 bits per heavy atom. The van der Waals surface area contributed by atoms with Crippen LogP contribution in [0, 0.1) is 0 Å². The lowest BCUT2D eigenvalue weighted by Crippen LogP contribution is -2.36. The Bertz CT molecular complexity index is 979. The van der Waals surface area contributed by atoms with Gasteiger partial charge in [0.1, 0.15) is 23.6 Å². The molecule has 2 N–H and O–H groups in total. The van der Waals surface area contributed by atoms with Crippen LogP contribution >= 0.6 is 0 Å². The molecule has 0 spiro atoms. The van der Waals surface area contributed by atoms with Gasteiger partial charge in [0, 0.05) is 44.3 Å². The van der Waals surface area contributed by atoms with E-state index in [1.165, 1.54) is 13.2 Å². The number of hydrogen-bond acceptors (Lipinski definition) is 5. The molecule has 0 saturated heterocycles. The van der Waals surface area contributed by atoms with Crippen molar-refractivity contribution in [3.63, 3.8) is 0 Å². The van der Waals surface area contributed by atoms with Gasteiger partial charge in [-0.05, 0) is 35.9 Å². The van der Waals surface area contributed by atoms with Crippen LogP contribution in [0.25, 0.3) is 5.82 Å². The fraction of sp³-hybridized carbons (Fsp3) is 0.250. The molecule has 0 unspecified atom stereocenters. The molecule has 0 aliphatic heterocycles. The normalized spacial score (nSPS) is 11.4. The molecule has 0 aliphatic carbocycles. The Morgan fingerprint density at radius 2 is 2.00 bits per heavy atom. The van der Waals surface area contributed by atoms with Crippen molar-refractivity contribution in [1.29, 1.82) is 0 Å². The maximum atomic E-state index is 12.7. The van der Waals surface area contributed by atoms with Crippen molar-refractivity contribution in [2.45, 2.75) is 19.7 Å². The van der Waals surface area contributed by atoms with Crippen molar-refractivity contribution >= 4 is 5.96 Å². The molecule has 2 aromatic heterocycles. The molecule has 30 heavy (non-hydrogen) atoms. The Balaban J connectivity index is 1.62. The smallest absolute Gasteiger partial charge is 0.387 e. The minimum atomic E-state index is -2.91. The van der Waals surface area contributed by atoms with E-state index in [0.29, 0.717) is 23.8 Å². The molecule has 0 fully saturated rings. The molecule has 158 valence electrons. The fourth-order valence-corrected chi connectivity index (χ4v) is 2.72. The second-order valence-corrected chi connectivity index (χ2v) is 6.12. The lowest BCUT2D eigenvalue weighted by Gasteiger charge is -2.15. The third-order valence-electron chi connectivity index (χ3n) is 4.19. The minimum Gasteiger partial charge on any atom is -0.497 e. The number of pyridine rings is 1. The van der Waals surface area contributed by atoms with E-state index in [-0.39, 0.29) is 12.3 Å². The number of benzene rings is 1. The first-order valence-corrected chi connectivity index (χ1v) is 9.08. The highest BCUT2D eigenvalue weighted by Gasteiger charge is 2.12. The van der Waals surface area contributed by atoms with Gasteiger partial charge in [-0.15, -0.1) is 0 Å². The van der Waals surface area contributed by atoms with E-state index in [9.17, 15) is 8.78 Å². The number of nitrogens with zero attached hydrogens (tertiary/aromatic N) is 4. The van der Waals surface area contributed by atoms with Gasteiger partial charge in [-0.3, -0.25) is 9.56 Å². The molecule has 0 atom stereocenters. The molecule has 3 rings (SSSR count). The van der Waals surface area contributed by atoms with Crippen LogP contribution in [-0.2, 0) is 13.1 Å². The number of halogens is 2. The Morgan fingerprint density at radius 1 is 1.17 bits per heavy atom. The number of methoxy groups -OCH3 is 1. The second-order valence-electron chi connectivity index (χ2n) is 6.12. The molecular formula is C20H22F2N6O2. The SMILES string of the molecule is CN=C(NCc1ccnc(-n2ccnc2)c1)NCc1cc(OC)ccc1OC(F)F. The maximum Gasteiger partial charge on any atom is 0.387 e. The zero-order chi connectivity index (χ0) is 21.3. The van der Waals surface area contributed by atoms with Crippen LogP contribution in [-0.4, -0.2) is 41.3 Å². The first-order chi connectivity index (χ1) is 14.6. The van der Waals surface area contributed by atoms with E-state index in [0.717, 1.165) is 11.4 Å². The third kappa shape index (κ3) is 5.66. The summed E-state index contributed by atoms with van der Waals surface area (Å²) < 4.78 is 36.9. The molecule has 0 radical (unpaired) electrons. The lowest BCUT2D eigenvalue weighted by molar-refractivity contribution is -0.0504. The van der Waals surface area contributed by atoms with Gasteiger partial charge in [0.2, 0.25) is 0 Å². The van der Waals surface area contributed by atoms with Crippen LogP contribution in [0.3, 0.4) is 0 Å². The Kier molecular flexibility index (Phi) is 7.14. The Hall–Kier alpha value is -3.69. The van der Waals surface area contributed by atoms with Crippen molar-refractivity contribution in [3.05, 3.63) is 66.4 Å². The number of imidazole rings is 1. The van der Waals surface area contributed by atoms with E-state index in [1.807, 2.05) is 22.9 Å². The van der Waals surface area contributed by atoms with Crippen LogP contribution in [0.15, 0.2) is 60.2 Å². The summed E-state index contributed by atoms with van der Waals surface area (Å²) in [6.45, 7) is -2.20. The summed E-state index contributed by atoms with van der Waals surface area (Å²) in [6, 6.07) is 8.47. The van der Waals surface area contributed by atoms with Crippen molar-refractivity contribution in [3.8, 4) is 17.3 Å². The first kappa shape index (κ1) is 21.0. The summed E-state index contributed by atoms with van der Waals surface area (Å²) in [5, 5.41) is 6.27. The van der Waals surface area contributed by atoms with Crippen molar-refractivity contribution in [2.75, 3.05) is 14.2 Å². The number of alkyl halides is 2. The molecule has 1 aromatic carbocycles. The van der Waals surface area contributed by atoms with Gasteiger partial charge in [-0.1, -0.05) is 0 Å². The van der Waals surface area contributed by atoms with E-state index in [4.69, 9.17) is 4.74 Å². The maximum absolute atomic E-state index is 12.7. The van der Waals surface area contributed by atoms with Gasteiger partial charge < -0.3 is 20.1 Å². The molecule has 0 saturated carbocycles. The summed E-state index contributed by atoms with van der Waals surface area (Å²) in [6.07, 6.45) is 6.89. The number of rotatable bonds is 8. The first-order valence-electron chi connectivity index (χ1n) is 9.08. The van der Waals surface area contributed by atoms with Crippen LogP contribution in [0.2, 0.25) is 0 Å². The van der Waals surface area contributed by atoms with E-state index in [1.54, 1.807) is 37.9 Å². The number of nitrogens with one attached hydrogen (secondary N) is 2. The zero-order valence-corrected chi connectivity index (χ0v) is 16.5. The number of hydrogen-bond donors (Lipinski definition) is 2. The highest BCUT2D eigenvalue weighted by Crippen LogP contribution is 2.25. The average Bonchev–Trinajstić information content (AvgIpc) is 3.29. The van der Waals surface area contributed by atoms with Gasteiger partial charge in [-0.2, -0.15) is 8.78 Å². The number of guanidine groups is 1. The lowest BCUT2D eigenvalue weighted by atomic mass is 10.2. The standard InChI is InChI=1S/C20H22F2N6O2/c1-23-20(26-11-14-5-6-25-18(9-14)28-8-7-24-13-28)27-12-15-10-16(29-2)3-4-17(15)30-19(21)22/h3-10,13,19H,11-12H2,1-2H3,(H2,23,26,27). The quantitative estimate of drug-likeness (QED) is 0.434. The highest BCUT2D eigenvalue weighted by atomic mass is 19.3. The minimum absolute atomic E-state index is 0.0767. The average molecular weight is 416 g/mol. The monoisotopic (exact) mass is 416 g/mol. The predicted molar refractivity (Wildman–Crippen MR) is 108 cm³/mol. The molecule has 8 nitrogen and oxygen atoms in total. The largest absolute Gasteiger partial charge is 0.497 e. The topological polar surface area (TPSA) is 85.6 Å². The highest BCUT2D eigenvalue weighted by molar-refractivity contribution is 5.79. The molecule has 10 heteroatoms. The van der Waals surface area contributed by atoms with Gasteiger partial charge in [0.05, 0.1) is 7.11 Å². The van der Waals surface area contributed by atoms with Crippen molar-refractivity contribution in [2.24, 2.45) is 4.99 Å². The molecule has 3 aromatic rings. The second kappa shape index (κ2) is 10.2. The molecule has 0 amide bonds. The van der Waals surface area contributed by atoms with Crippen LogP contribution < -0.4 is 20.1 Å². The zero-order valence-electron chi connectivity index (χ0n) is 16.5. The van der Waals surface area contributed by atoms with Crippen LogP contribution in [0.5, 0.6) is 11.5 Å². The summed E-state index contributed by atoms with van der Waals surface area (Å²) in [5.41, 5.74) is 1.50. The van der Waals surface area contributed by atoms with E-state index >= 15 is 0 Å². The number of aliphatic imine (C=N–C) groups is 1. The summed E-state index contributed by atoms with van der Waals surface area (Å²) in [7, 11) is 3.13. The van der Waals surface area contributed by atoms with Crippen molar-refractivity contribution < 1.29 is 18.3 Å². The van der Waals surface area contributed by atoms with E-state index < -0.39 is 6.61 Å². The molecule has 0 aliphatic rings. The number of ether oxygens (including phenoxy) is 2. The summed E-state index contributed by atoms with van der Waals surface area (Å²) in [4.78, 5) is 12.5. The fourth-order valence-electron chi connectivity index (χ4n) is 2.72. The third-order valence-corrected chi connectivity index (χ3v) is 4.19. The molecule has 2 heterocycles. The number of aromatic nitrogens is 3. The summed E-state index contributed by atoms with van der Waals surface area (Å²) >= 11 is 0. The predicted octanol–water partition coefficient (Wildman–Crippen LogP) is 2.74. The van der Waals surface area contributed by atoms with E-state index in [2.05, 4.69) is 30.3 Å². The van der Waals surface area contributed by atoms with Gasteiger partial charge in [0.25, 0.3) is 0 Å².